The Hall–Kier alpha value is -1.79. The Labute approximate surface area is 105 Å². The van der Waals surface area contributed by atoms with E-state index in [1.165, 1.54) is 0 Å². The number of aliphatic hydroxyl groups is 1. The van der Waals surface area contributed by atoms with Crippen LogP contribution in [0.25, 0.3) is 11.5 Å². The second kappa shape index (κ2) is 4.83. The van der Waals surface area contributed by atoms with Crippen molar-refractivity contribution in [1.29, 1.82) is 0 Å². The van der Waals surface area contributed by atoms with Crippen LogP contribution < -0.4 is 5.73 Å². The van der Waals surface area contributed by atoms with Gasteiger partial charge in [0.1, 0.15) is 11.7 Å². The largest absolute Gasteiger partial charge is 0.391 e. The summed E-state index contributed by atoms with van der Waals surface area (Å²) in [6.07, 6.45) is 0.998. The van der Waals surface area contributed by atoms with E-state index in [-0.39, 0.29) is 5.89 Å². The van der Waals surface area contributed by atoms with Crippen molar-refractivity contribution >= 4 is 0 Å². The first-order valence-corrected chi connectivity index (χ1v) is 5.70. The molecule has 2 aromatic heterocycles. The summed E-state index contributed by atoms with van der Waals surface area (Å²) in [5, 5.41) is 13.2. The molecule has 0 saturated heterocycles. The fraction of sp³-hybridized carbons (Fsp3) is 0.417. The van der Waals surface area contributed by atoms with Gasteiger partial charge in [-0.2, -0.15) is 4.98 Å². The van der Waals surface area contributed by atoms with Crippen molar-refractivity contribution < 1.29 is 9.63 Å². The third-order valence-electron chi connectivity index (χ3n) is 2.67. The molecule has 0 aromatic carbocycles. The summed E-state index contributed by atoms with van der Waals surface area (Å²) >= 11 is 0. The molecule has 0 bridgehead atoms. The Bertz CT molecular complexity index is 551. The van der Waals surface area contributed by atoms with Crippen LogP contribution in [0.15, 0.2) is 16.8 Å². The van der Waals surface area contributed by atoms with Gasteiger partial charge >= 0.3 is 0 Å². The molecule has 0 aliphatic heterocycles. The summed E-state index contributed by atoms with van der Waals surface area (Å²) < 4.78 is 5.04. The lowest BCUT2D eigenvalue weighted by Crippen LogP contribution is -2.23. The highest BCUT2D eigenvalue weighted by molar-refractivity contribution is 5.54. The Morgan fingerprint density at radius 2 is 2.11 bits per heavy atom. The molecule has 0 amide bonds. The number of hydrogen-bond donors (Lipinski definition) is 2. The Morgan fingerprint density at radius 1 is 1.39 bits per heavy atom. The third-order valence-corrected chi connectivity index (χ3v) is 2.67. The van der Waals surface area contributed by atoms with Crippen LogP contribution in [0.5, 0.6) is 0 Å². The van der Waals surface area contributed by atoms with Crippen LogP contribution in [-0.2, 0) is 0 Å². The maximum Gasteiger partial charge on any atom is 0.246 e. The van der Waals surface area contributed by atoms with Crippen molar-refractivity contribution in [2.24, 2.45) is 5.73 Å². The van der Waals surface area contributed by atoms with Crippen LogP contribution in [0.4, 0.5) is 0 Å². The van der Waals surface area contributed by atoms with Crippen LogP contribution in [0, 0.1) is 13.8 Å². The maximum absolute atomic E-state index is 9.38. The summed E-state index contributed by atoms with van der Waals surface area (Å²) in [5.74, 6) is 0.598. The first kappa shape index (κ1) is 12.7. The Morgan fingerprint density at radius 3 is 2.72 bits per heavy atom. The number of rotatable bonds is 3. The fourth-order valence-corrected chi connectivity index (χ4v) is 1.62. The molecule has 96 valence electrons. The molecule has 0 aliphatic carbocycles. The number of nitrogens with two attached hydrogens (primary N) is 1. The molecule has 0 aliphatic rings. The van der Waals surface area contributed by atoms with Gasteiger partial charge in [-0.05, 0) is 31.9 Å². The molecule has 2 rings (SSSR count). The lowest BCUT2D eigenvalue weighted by Gasteiger charge is -2.08. The zero-order valence-corrected chi connectivity index (χ0v) is 10.6. The van der Waals surface area contributed by atoms with Gasteiger partial charge in [-0.15, -0.1) is 0 Å². The summed E-state index contributed by atoms with van der Waals surface area (Å²) in [6, 6.07) is 1.31. The van der Waals surface area contributed by atoms with Gasteiger partial charge in [-0.25, -0.2) is 0 Å². The third kappa shape index (κ3) is 2.39. The van der Waals surface area contributed by atoms with E-state index in [0.29, 0.717) is 11.5 Å². The standard InChI is InChI=1S/C12H16N4O2/c1-6-4-7(2)10(14-5-6)11-15-12(18-16-11)9(13)8(3)17/h4-5,8-9,17H,13H2,1-3H3. The lowest BCUT2D eigenvalue weighted by molar-refractivity contribution is 0.146. The molecular formula is C12H16N4O2. The van der Waals surface area contributed by atoms with Crippen molar-refractivity contribution in [2.45, 2.75) is 32.9 Å². The Balaban J connectivity index is 2.35. The number of nitrogens with zero attached hydrogens (tertiary/aromatic N) is 3. The highest BCUT2D eigenvalue weighted by atomic mass is 16.5. The van der Waals surface area contributed by atoms with E-state index in [1.807, 2.05) is 19.9 Å². The molecule has 0 radical (unpaired) electrons. The summed E-state index contributed by atoms with van der Waals surface area (Å²) in [7, 11) is 0. The Kier molecular flexibility index (Phi) is 3.40. The first-order valence-electron chi connectivity index (χ1n) is 5.70. The van der Waals surface area contributed by atoms with E-state index in [9.17, 15) is 5.11 Å². The highest BCUT2D eigenvalue weighted by Gasteiger charge is 2.20. The zero-order chi connectivity index (χ0) is 13.3. The predicted molar refractivity (Wildman–Crippen MR) is 65.6 cm³/mol. The molecule has 3 N–H and O–H groups in total. The molecule has 2 aromatic rings. The summed E-state index contributed by atoms with van der Waals surface area (Å²) in [5.41, 5.74) is 8.42. The van der Waals surface area contributed by atoms with E-state index in [1.54, 1.807) is 13.1 Å². The molecule has 0 saturated carbocycles. The van der Waals surface area contributed by atoms with Crippen molar-refractivity contribution in [2.75, 3.05) is 0 Å². The van der Waals surface area contributed by atoms with Gasteiger partial charge in [0.2, 0.25) is 11.7 Å². The van der Waals surface area contributed by atoms with Crippen LogP contribution in [0.1, 0.15) is 30.0 Å². The van der Waals surface area contributed by atoms with E-state index in [2.05, 4.69) is 15.1 Å². The van der Waals surface area contributed by atoms with Crippen molar-refractivity contribution in [3.63, 3.8) is 0 Å². The van der Waals surface area contributed by atoms with Crippen molar-refractivity contribution in [3.8, 4) is 11.5 Å². The summed E-state index contributed by atoms with van der Waals surface area (Å²) in [4.78, 5) is 8.44. The predicted octanol–water partition coefficient (Wildman–Crippen LogP) is 1.13. The van der Waals surface area contributed by atoms with Gasteiger partial charge in [0.15, 0.2) is 0 Å². The summed E-state index contributed by atoms with van der Waals surface area (Å²) in [6.45, 7) is 5.47. The molecule has 2 heterocycles. The molecule has 2 atom stereocenters. The van der Waals surface area contributed by atoms with Crippen molar-refractivity contribution in [3.05, 3.63) is 29.3 Å². The minimum atomic E-state index is -0.745. The number of aliphatic hydroxyl groups excluding tert-OH is 1. The van der Waals surface area contributed by atoms with Gasteiger partial charge in [0.25, 0.3) is 0 Å². The normalized spacial score (nSPS) is 14.5. The second-order valence-electron chi connectivity index (χ2n) is 4.40. The molecule has 0 fully saturated rings. The molecule has 18 heavy (non-hydrogen) atoms. The zero-order valence-electron chi connectivity index (χ0n) is 10.6. The molecule has 0 spiro atoms. The van der Waals surface area contributed by atoms with Gasteiger partial charge in [0, 0.05) is 6.20 Å². The molecule has 6 heteroatoms. The van der Waals surface area contributed by atoms with Gasteiger partial charge < -0.3 is 15.4 Å². The monoisotopic (exact) mass is 248 g/mol. The fourth-order valence-electron chi connectivity index (χ4n) is 1.62. The number of aryl methyl sites for hydroxylation is 2. The van der Waals surface area contributed by atoms with Gasteiger partial charge in [-0.1, -0.05) is 11.2 Å². The average molecular weight is 248 g/mol. The maximum atomic E-state index is 9.38. The minimum Gasteiger partial charge on any atom is -0.391 e. The second-order valence-corrected chi connectivity index (χ2v) is 4.40. The lowest BCUT2D eigenvalue weighted by atomic mass is 10.1. The highest BCUT2D eigenvalue weighted by Crippen LogP contribution is 2.20. The van der Waals surface area contributed by atoms with Crippen LogP contribution >= 0.6 is 0 Å². The number of hydrogen-bond acceptors (Lipinski definition) is 6. The number of pyridine rings is 1. The number of aromatic nitrogens is 3. The van der Waals surface area contributed by atoms with E-state index >= 15 is 0 Å². The van der Waals surface area contributed by atoms with Crippen molar-refractivity contribution in [1.82, 2.24) is 15.1 Å². The average Bonchev–Trinajstić information content (AvgIpc) is 2.77. The van der Waals surface area contributed by atoms with Crippen LogP contribution in [0.2, 0.25) is 0 Å². The van der Waals surface area contributed by atoms with Crippen LogP contribution in [-0.4, -0.2) is 26.3 Å². The quantitative estimate of drug-likeness (QED) is 0.844. The molecule has 2 unspecified atom stereocenters. The van der Waals surface area contributed by atoms with E-state index < -0.39 is 12.1 Å². The van der Waals surface area contributed by atoms with Crippen LogP contribution in [0.3, 0.4) is 0 Å². The molecular weight excluding hydrogens is 232 g/mol. The minimum absolute atomic E-state index is 0.210. The topological polar surface area (TPSA) is 98.1 Å². The van der Waals surface area contributed by atoms with E-state index in [4.69, 9.17) is 10.3 Å². The first-order chi connectivity index (χ1) is 8.49. The molecule has 6 nitrogen and oxygen atoms in total. The smallest absolute Gasteiger partial charge is 0.246 e. The van der Waals surface area contributed by atoms with Gasteiger partial charge in [0.05, 0.1) is 6.10 Å². The van der Waals surface area contributed by atoms with Gasteiger partial charge in [-0.3, -0.25) is 4.98 Å². The van der Waals surface area contributed by atoms with E-state index in [0.717, 1.165) is 11.1 Å². The SMILES string of the molecule is Cc1cnc(-c2noc(C(N)C(C)O)n2)c(C)c1.